The normalized spacial score (nSPS) is 12.7. The molecule has 0 saturated heterocycles. The predicted octanol–water partition coefficient (Wildman–Crippen LogP) is 4.58. The minimum atomic E-state index is 0.848. The van der Waals surface area contributed by atoms with Crippen molar-refractivity contribution in [3.8, 4) is 0 Å². The highest BCUT2D eigenvalue weighted by Gasteiger charge is 2.16. The summed E-state index contributed by atoms with van der Waals surface area (Å²) in [5.74, 6) is 0.919. The van der Waals surface area contributed by atoms with E-state index >= 15 is 0 Å². The zero-order valence-corrected chi connectivity index (χ0v) is 16.6. The molecule has 0 radical (unpaired) electrons. The number of anilines is 1. The third-order valence-electron chi connectivity index (χ3n) is 4.86. The van der Waals surface area contributed by atoms with Crippen LogP contribution in [0.25, 0.3) is 16.3 Å². The van der Waals surface area contributed by atoms with Crippen LogP contribution in [0.3, 0.4) is 0 Å². The van der Waals surface area contributed by atoms with E-state index in [0.717, 1.165) is 58.8 Å². The van der Waals surface area contributed by atoms with Crippen LogP contribution in [-0.2, 0) is 0 Å². The first-order chi connectivity index (χ1) is 13.0. The molecule has 1 aliphatic carbocycles. The molecular formula is C23H26N4. The van der Waals surface area contributed by atoms with E-state index in [2.05, 4.69) is 70.2 Å². The van der Waals surface area contributed by atoms with Gasteiger partial charge in [-0.25, -0.2) is 0 Å². The number of rotatable bonds is 7. The molecule has 0 bridgehead atoms. The number of likely N-dealkylation sites (N-methyl/N-ethyl adjacent to an activating group) is 2. The molecule has 138 valence electrons. The van der Waals surface area contributed by atoms with Gasteiger partial charge in [0.1, 0.15) is 5.69 Å². The van der Waals surface area contributed by atoms with Crippen molar-refractivity contribution in [1.82, 2.24) is 15.1 Å². The number of fused-ring (bicyclic) bond motifs is 1. The maximum absolute atomic E-state index is 4.60. The smallest absolute Gasteiger partial charge is 0.159 e. The number of benzene rings is 1. The van der Waals surface area contributed by atoms with E-state index in [1.54, 1.807) is 0 Å². The third kappa shape index (κ3) is 4.03. The maximum atomic E-state index is 4.60. The minimum absolute atomic E-state index is 0.848. The molecule has 0 amide bonds. The molecule has 3 rings (SSSR count). The van der Waals surface area contributed by atoms with Crippen LogP contribution < -0.4 is 4.90 Å². The van der Waals surface area contributed by atoms with E-state index < -0.39 is 0 Å². The van der Waals surface area contributed by atoms with E-state index in [1.165, 1.54) is 0 Å². The number of hydrogen-bond acceptors (Lipinski definition) is 4. The van der Waals surface area contributed by atoms with E-state index in [1.807, 2.05) is 32.1 Å². The standard InChI is InChI=1S/C23H26N4/c1-6-27(16-15-26(5)17(2)3)23-21-10-8-7-9-20(21)22(24-25-23)19-13-11-18(4)12-14-19/h7-11,13H,2,6,15-16H2,1,3-5H3. The second kappa shape index (κ2) is 8.09. The lowest BCUT2D eigenvalue weighted by atomic mass is 10.0. The Balaban J connectivity index is 2.03. The van der Waals surface area contributed by atoms with Crippen LogP contribution in [0.4, 0.5) is 5.82 Å². The molecule has 0 fully saturated rings. The van der Waals surface area contributed by atoms with Crippen LogP contribution in [-0.4, -0.2) is 41.8 Å². The topological polar surface area (TPSA) is 32.3 Å². The van der Waals surface area contributed by atoms with Crippen molar-refractivity contribution >= 4 is 22.2 Å². The Bertz CT molecular complexity index is 1000. The summed E-state index contributed by atoms with van der Waals surface area (Å²) in [6.45, 7) is 12.8. The quantitative estimate of drug-likeness (QED) is 0.679. The lowest BCUT2D eigenvalue weighted by molar-refractivity contribution is 0.424. The summed E-state index contributed by atoms with van der Waals surface area (Å²) >= 11 is 0. The van der Waals surface area contributed by atoms with Crippen LogP contribution in [0.1, 0.15) is 26.5 Å². The Morgan fingerprint density at radius 1 is 1.07 bits per heavy atom. The molecule has 0 spiro atoms. The minimum Gasteiger partial charge on any atom is -0.377 e. The monoisotopic (exact) mass is 358 g/mol. The van der Waals surface area contributed by atoms with Crippen LogP contribution in [0.5, 0.6) is 0 Å². The Morgan fingerprint density at radius 3 is 2.44 bits per heavy atom. The van der Waals surface area contributed by atoms with Gasteiger partial charge in [-0.05, 0) is 38.5 Å². The first kappa shape index (κ1) is 18.7. The van der Waals surface area contributed by atoms with Crippen LogP contribution in [0.2, 0.25) is 0 Å². The Morgan fingerprint density at radius 2 is 1.81 bits per heavy atom. The van der Waals surface area contributed by atoms with Gasteiger partial charge in [-0.2, -0.15) is 0 Å². The van der Waals surface area contributed by atoms with Crippen LogP contribution in [0, 0.1) is 0 Å². The van der Waals surface area contributed by atoms with Gasteiger partial charge in [0.05, 0.1) is 5.57 Å². The molecule has 1 aliphatic rings. The first-order valence-corrected chi connectivity index (χ1v) is 9.29. The summed E-state index contributed by atoms with van der Waals surface area (Å²) in [6.07, 6.45) is 4.06. The fourth-order valence-corrected chi connectivity index (χ4v) is 2.99. The number of aromatic nitrogens is 2. The molecule has 0 unspecified atom stereocenters. The fourth-order valence-electron chi connectivity index (χ4n) is 2.99. The molecule has 0 saturated carbocycles. The van der Waals surface area contributed by atoms with Crippen molar-refractivity contribution < 1.29 is 0 Å². The van der Waals surface area contributed by atoms with E-state index in [-0.39, 0.29) is 0 Å². The van der Waals surface area contributed by atoms with E-state index in [4.69, 9.17) is 0 Å². The highest BCUT2D eigenvalue weighted by atomic mass is 15.3. The van der Waals surface area contributed by atoms with E-state index in [9.17, 15) is 0 Å². The van der Waals surface area contributed by atoms with Gasteiger partial charge < -0.3 is 9.80 Å². The maximum Gasteiger partial charge on any atom is 0.159 e. The van der Waals surface area contributed by atoms with Gasteiger partial charge in [0.2, 0.25) is 0 Å². The molecule has 0 atom stereocenters. The number of hydrogen-bond donors (Lipinski definition) is 0. The molecule has 1 aromatic carbocycles. The third-order valence-corrected chi connectivity index (χ3v) is 4.86. The van der Waals surface area contributed by atoms with E-state index in [0.29, 0.717) is 0 Å². The van der Waals surface area contributed by atoms with Gasteiger partial charge in [-0.15, -0.1) is 10.2 Å². The second-order valence-electron chi connectivity index (χ2n) is 6.83. The highest BCUT2D eigenvalue weighted by molar-refractivity contribution is 5.99. The Labute approximate surface area is 161 Å². The highest BCUT2D eigenvalue weighted by Crippen LogP contribution is 2.30. The lowest BCUT2D eigenvalue weighted by Gasteiger charge is -2.27. The summed E-state index contributed by atoms with van der Waals surface area (Å²) in [7, 11) is 2.06. The zero-order chi connectivity index (χ0) is 19.4. The first-order valence-electron chi connectivity index (χ1n) is 9.29. The van der Waals surface area contributed by atoms with Gasteiger partial charge in [0, 0.05) is 43.2 Å². The largest absolute Gasteiger partial charge is 0.377 e. The molecule has 4 nitrogen and oxygen atoms in total. The molecule has 2 aromatic rings. The van der Waals surface area contributed by atoms with Gasteiger partial charge in [0.25, 0.3) is 0 Å². The van der Waals surface area contributed by atoms with Gasteiger partial charge in [0.15, 0.2) is 5.82 Å². The number of nitrogens with zero attached hydrogens (tertiary/aromatic N) is 4. The SMILES string of the molecule is C=C(C)N(C)CCN(CC)c1nnc(C2=C=C=C(C)C=C2)c2ccccc12. The second-order valence-corrected chi connectivity index (χ2v) is 6.83. The van der Waals surface area contributed by atoms with Crippen molar-refractivity contribution in [3.05, 3.63) is 71.4 Å². The summed E-state index contributed by atoms with van der Waals surface area (Å²) in [5, 5.41) is 11.4. The Kier molecular flexibility index (Phi) is 5.61. The molecule has 0 N–H and O–H groups in total. The van der Waals surface area contributed by atoms with Gasteiger partial charge in [-0.1, -0.05) is 42.3 Å². The number of allylic oxidation sites excluding steroid dienone is 5. The molecule has 0 aliphatic heterocycles. The zero-order valence-electron chi connectivity index (χ0n) is 16.6. The summed E-state index contributed by atoms with van der Waals surface area (Å²) in [5.41, 5.74) is 10.2. The summed E-state index contributed by atoms with van der Waals surface area (Å²) in [4.78, 5) is 4.42. The van der Waals surface area contributed by atoms with Crippen molar-refractivity contribution in [2.75, 3.05) is 31.6 Å². The van der Waals surface area contributed by atoms with Crippen LogP contribution >= 0.6 is 0 Å². The van der Waals surface area contributed by atoms with Crippen molar-refractivity contribution in [3.63, 3.8) is 0 Å². The van der Waals surface area contributed by atoms with Gasteiger partial charge >= 0.3 is 0 Å². The fraction of sp³-hybridized carbons (Fsp3) is 0.304. The average molecular weight is 358 g/mol. The summed E-state index contributed by atoms with van der Waals surface area (Å²) < 4.78 is 0. The molecule has 27 heavy (non-hydrogen) atoms. The predicted molar refractivity (Wildman–Crippen MR) is 114 cm³/mol. The average Bonchev–Trinajstić information content (AvgIpc) is 2.69. The molecule has 1 aromatic heterocycles. The van der Waals surface area contributed by atoms with Gasteiger partial charge in [-0.3, -0.25) is 0 Å². The van der Waals surface area contributed by atoms with Crippen molar-refractivity contribution in [1.29, 1.82) is 0 Å². The Hall–Kier alpha value is -3.06. The molecular weight excluding hydrogens is 332 g/mol. The van der Waals surface area contributed by atoms with Crippen molar-refractivity contribution in [2.45, 2.75) is 20.8 Å². The molecule has 4 heteroatoms. The lowest BCUT2D eigenvalue weighted by Crippen LogP contribution is -2.33. The molecule has 1 heterocycles. The van der Waals surface area contributed by atoms with Crippen LogP contribution in [0.15, 0.2) is 65.7 Å². The van der Waals surface area contributed by atoms with Crippen molar-refractivity contribution in [2.24, 2.45) is 0 Å². The summed E-state index contributed by atoms with van der Waals surface area (Å²) in [6, 6.07) is 8.31.